The Hall–Kier alpha value is -0.610. The van der Waals surface area contributed by atoms with Crippen molar-refractivity contribution in [2.75, 3.05) is 39.3 Å². The summed E-state index contributed by atoms with van der Waals surface area (Å²) < 4.78 is 0. The Morgan fingerprint density at radius 1 is 1.19 bits per heavy atom. The lowest BCUT2D eigenvalue weighted by molar-refractivity contribution is -0.126. The Morgan fingerprint density at radius 2 is 1.90 bits per heavy atom. The van der Waals surface area contributed by atoms with Gasteiger partial charge in [-0.3, -0.25) is 9.69 Å². The van der Waals surface area contributed by atoms with Crippen LogP contribution in [0.2, 0.25) is 0 Å². The fourth-order valence-corrected chi connectivity index (χ4v) is 3.62. The summed E-state index contributed by atoms with van der Waals surface area (Å²) in [4.78, 5) is 14.6. The van der Waals surface area contributed by atoms with E-state index in [9.17, 15) is 4.79 Å². The first-order valence-corrected chi connectivity index (χ1v) is 9.00. The van der Waals surface area contributed by atoms with Crippen LogP contribution in [0.5, 0.6) is 0 Å². The zero-order valence-corrected chi connectivity index (χ0v) is 13.7. The standard InChI is InChI=1S/C17H33N3O/c1-2-3-4-15-5-7-16(8-6-15)17(21)19-11-14-20-12-9-18-10-13-20/h15-16,18H,2-14H2,1H3,(H,19,21). The van der Waals surface area contributed by atoms with Gasteiger partial charge in [0.1, 0.15) is 0 Å². The predicted molar refractivity (Wildman–Crippen MR) is 87.3 cm³/mol. The van der Waals surface area contributed by atoms with Crippen LogP contribution >= 0.6 is 0 Å². The molecule has 1 heterocycles. The number of unbranched alkanes of at least 4 members (excludes halogenated alkanes) is 1. The SMILES string of the molecule is CCCCC1CCC(C(=O)NCCN2CCNCC2)CC1. The number of nitrogens with one attached hydrogen (secondary N) is 2. The van der Waals surface area contributed by atoms with Gasteiger partial charge < -0.3 is 10.6 Å². The minimum Gasteiger partial charge on any atom is -0.355 e. The number of hydrogen-bond acceptors (Lipinski definition) is 3. The third kappa shape index (κ3) is 5.95. The highest BCUT2D eigenvalue weighted by Gasteiger charge is 2.25. The molecule has 122 valence electrons. The first-order valence-electron chi connectivity index (χ1n) is 9.00. The van der Waals surface area contributed by atoms with E-state index in [1.54, 1.807) is 0 Å². The van der Waals surface area contributed by atoms with E-state index in [-0.39, 0.29) is 5.92 Å². The highest BCUT2D eigenvalue weighted by molar-refractivity contribution is 5.78. The molecule has 2 aliphatic rings. The number of amides is 1. The van der Waals surface area contributed by atoms with Crippen LogP contribution in [-0.4, -0.2) is 50.1 Å². The molecular weight excluding hydrogens is 262 g/mol. The molecule has 1 aliphatic heterocycles. The molecule has 4 heteroatoms. The molecule has 1 saturated heterocycles. The normalized spacial score (nSPS) is 27.5. The topological polar surface area (TPSA) is 44.4 Å². The Morgan fingerprint density at radius 3 is 2.57 bits per heavy atom. The van der Waals surface area contributed by atoms with Crippen LogP contribution < -0.4 is 10.6 Å². The van der Waals surface area contributed by atoms with Gasteiger partial charge in [0.05, 0.1) is 0 Å². The van der Waals surface area contributed by atoms with Crippen molar-refractivity contribution in [3.8, 4) is 0 Å². The van der Waals surface area contributed by atoms with Gasteiger partial charge in [-0.15, -0.1) is 0 Å². The maximum absolute atomic E-state index is 12.2. The fourth-order valence-electron chi connectivity index (χ4n) is 3.62. The summed E-state index contributed by atoms with van der Waals surface area (Å²) >= 11 is 0. The van der Waals surface area contributed by atoms with Gasteiger partial charge >= 0.3 is 0 Å². The molecule has 0 atom stereocenters. The molecule has 0 aromatic rings. The summed E-state index contributed by atoms with van der Waals surface area (Å²) in [6.45, 7) is 8.45. The van der Waals surface area contributed by atoms with Gasteiger partial charge in [-0.1, -0.05) is 26.2 Å². The van der Waals surface area contributed by atoms with E-state index in [4.69, 9.17) is 0 Å². The van der Waals surface area contributed by atoms with Gasteiger partial charge in [0, 0.05) is 45.2 Å². The van der Waals surface area contributed by atoms with Gasteiger partial charge in [-0.2, -0.15) is 0 Å². The van der Waals surface area contributed by atoms with Crippen LogP contribution in [0.1, 0.15) is 51.9 Å². The second-order valence-electron chi connectivity index (χ2n) is 6.74. The van der Waals surface area contributed by atoms with Gasteiger partial charge in [0.15, 0.2) is 0 Å². The zero-order valence-electron chi connectivity index (χ0n) is 13.7. The van der Waals surface area contributed by atoms with Crippen LogP contribution in [0.15, 0.2) is 0 Å². The van der Waals surface area contributed by atoms with Crippen molar-refractivity contribution in [3.63, 3.8) is 0 Å². The van der Waals surface area contributed by atoms with Crippen molar-refractivity contribution < 1.29 is 4.79 Å². The minimum absolute atomic E-state index is 0.283. The van der Waals surface area contributed by atoms with Crippen molar-refractivity contribution in [2.45, 2.75) is 51.9 Å². The molecule has 1 aliphatic carbocycles. The Labute approximate surface area is 130 Å². The molecule has 0 unspecified atom stereocenters. The lowest BCUT2D eigenvalue weighted by Gasteiger charge is -2.29. The van der Waals surface area contributed by atoms with Crippen LogP contribution in [0, 0.1) is 11.8 Å². The third-order valence-electron chi connectivity index (χ3n) is 5.12. The van der Waals surface area contributed by atoms with E-state index in [1.807, 2.05) is 0 Å². The van der Waals surface area contributed by atoms with E-state index in [1.165, 1.54) is 32.1 Å². The summed E-state index contributed by atoms with van der Waals surface area (Å²) in [5.41, 5.74) is 0. The lowest BCUT2D eigenvalue weighted by Crippen LogP contribution is -2.46. The molecule has 21 heavy (non-hydrogen) atoms. The monoisotopic (exact) mass is 295 g/mol. The van der Waals surface area contributed by atoms with E-state index >= 15 is 0 Å². The number of rotatable bonds is 7. The lowest BCUT2D eigenvalue weighted by atomic mass is 9.79. The fraction of sp³-hybridized carbons (Fsp3) is 0.941. The Kier molecular flexibility index (Phi) is 7.51. The zero-order chi connectivity index (χ0) is 14.9. The number of carbonyl (C=O) groups excluding carboxylic acids is 1. The smallest absolute Gasteiger partial charge is 0.223 e. The van der Waals surface area contributed by atoms with E-state index in [0.29, 0.717) is 5.91 Å². The van der Waals surface area contributed by atoms with Crippen LogP contribution in [0.25, 0.3) is 0 Å². The van der Waals surface area contributed by atoms with Crippen molar-refractivity contribution >= 4 is 5.91 Å². The average molecular weight is 295 g/mol. The van der Waals surface area contributed by atoms with E-state index in [2.05, 4.69) is 22.5 Å². The van der Waals surface area contributed by atoms with Crippen LogP contribution in [0.4, 0.5) is 0 Å². The highest BCUT2D eigenvalue weighted by atomic mass is 16.1. The second kappa shape index (κ2) is 9.42. The minimum atomic E-state index is 0.283. The summed E-state index contributed by atoms with van der Waals surface area (Å²) in [5.74, 6) is 1.47. The molecule has 0 spiro atoms. The summed E-state index contributed by atoms with van der Waals surface area (Å²) in [7, 11) is 0. The molecule has 0 radical (unpaired) electrons. The predicted octanol–water partition coefficient (Wildman–Crippen LogP) is 2.00. The number of piperazine rings is 1. The van der Waals surface area contributed by atoms with Crippen LogP contribution in [-0.2, 0) is 4.79 Å². The Bertz CT molecular complexity index is 294. The van der Waals surface area contributed by atoms with Gasteiger partial charge in [-0.05, 0) is 31.6 Å². The first kappa shape index (κ1) is 16.8. The molecule has 0 bridgehead atoms. The quantitative estimate of drug-likeness (QED) is 0.755. The van der Waals surface area contributed by atoms with Gasteiger partial charge in [0.2, 0.25) is 5.91 Å². The number of nitrogens with zero attached hydrogens (tertiary/aromatic N) is 1. The molecule has 0 aromatic heterocycles. The van der Waals surface area contributed by atoms with Crippen molar-refractivity contribution in [3.05, 3.63) is 0 Å². The Balaban J connectivity index is 1.56. The average Bonchev–Trinajstić information content (AvgIpc) is 2.54. The van der Waals surface area contributed by atoms with Crippen molar-refractivity contribution in [2.24, 2.45) is 11.8 Å². The molecular formula is C17H33N3O. The second-order valence-corrected chi connectivity index (χ2v) is 6.74. The highest BCUT2D eigenvalue weighted by Crippen LogP contribution is 2.31. The van der Waals surface area contributed by atoms with E-state index < -0.39 is 0 Å². The number of hydrogen-bond donors (Lipinski definition) is 2. The van der Waals surface area contributed by atoms with Gasteiger partial charge in [-0.25, -0.2) is 0 Å². The van der Waals surface area contributed by atoms with Crippen molar-refractivity contribution in [1.29, 1.82) is 0 Å². The van der Waals surface area contributed by atoms with Crippen molar-refractivity contribution in [1.82, 2.24) is 15.5 Å². The van der Waals surface area contributed by atoms with Crippen LogP contribution in [0.3, 0.4) is 0 Å². The summed E-state index contributed by atoms with van der Waals surface area (Å²) in [5, 5.41) is 6.51. The molecule has 2 N–H and O–H groups in total. The molecule has 4 nitrogen and oxygen atoms in total. The molecule has 2 fully saturated rings. The molecule has 1 amide bonds. The summed E-state index contributed by atoms with van der Waals surface area (Å²) in [6, 6.07) is 0. The third-order valence-corrected chi connectivity index (χ3v) is 5.12. The maximum Gasteiger partial charge on any atom is 0.223 e. The number of carbonyl (C=O) groups is 1. The largest absolute Gasteiger partial charge is 0.355 e. The molecule has 1 saturated carbocycles. The maximum atomic E-state index is 12.2. The summed E-state index contributed by atoms with van der Waals surface area (Å²) in [6.07, 6.45) is 8.75. The first-order chi connectivity index (χ1) is 10.3. The van der Waals surface area contributed by atoms with E-state index in [0.717, 1.165) is 58.0 Å². The molecule has 2 rings (SSSR count). The van der Waals surface area contributed by atoms with Gasteiger partial charge in [0.25, 0.3) is 0 Å². The molecule has 0 aromatic carbocycles.